The first kappa shape index (κ1) is 19.7. The predicted molar refractivity (Wildman–Crippen MR) is 124 cm³/mol. The van der Waals surface area contributed by atoms with E-state index in [1.54, 1.807) is 0 Å². The number of fused-ring (bicyclic) bond motifs is 4. The minimum atomic E-state index is -0.0550. The highest BCUT2D eigenvalue weighted by atomic mass is 15.2. The summed E-state index contributed by atoms with van der Waals surface area (Å²) in [4.78, 5) is 7.51. The number of allylic oxidation sites excluding steroid dienone is 4. The molecule has 0 unspecified atom stereocenters. The number of pyridine rings is 1. The van der Waals surface area contributed by atoms with Crippen molar-refractivity contribution in [2.45, 2.75) is 60.4 Å². The Hall–Kier alpha value is -2.61. The summed E-state index contributed by atoms with van der Waals surface area (Å²) in [7, 11) is 0. The van der Waals surface area contributed by atoms with Crippen LogP contribution in [0.2, 0.25) is 0 Å². The van der Waals surface area contributed by atoms with Crippen LogP contribution in [0.1, 0.15) is 64.3 Å². The molecule has 3 heterocycles. The fraction of sp³-hybridized carbons (Fsp3) is 0.370. The number of hydrogen-bond donors (Lipinski definition) is 0. The van der Waals surface area contributed by atoms with Gasteiger partial charge in [-0.05, 0) is 55.0 Å². The van der Waals surface area contributed by atoms with Gasteiger partial charge in [0, 0.05) is 22.1 Å². The molecule has 0 radical (unpaired) electrons. The Bertz CT molecular complexity index is 1100. The second-order valence-electron chi connectivity index (χ2n) is 8.56. The summed E-state index contributed by atoms with van der Waals surface area (Å²) in [5.41, 5.74) is 11.2. The van der Waals surface area contributed by atoms with Crippen molar-refractivity contribution in [2.24, 2.45) is 5.41 Å². The van der Waals surface area contributed by atoms with Gasteiger partial charge in [-0.3, -0.25) is 0 Å². The lowest BCUT2D eigenvalue weighted by Gasteiger charge is -2.38. The van der Waals surface area contributed by atoms with Crippen molar-refractivity contribution in [1.82, 2.24) is 9.88 Å². The Labute approximate surface area is 175 Å². The molecule has 150 valence electrons. The summed E-state index contributed by atoms with van der Waals surface area (Å²) in [6, 6.07) is 8.54. The number of benzene rings is 1. The predicted octanol–water partition coefficient (Wildman–Crippen LogP) is 7.18. The van der Waals surface area contributed by atoms with Crippen LogP contribution >= 0.6 is 0 Å². The van der Waals surface area contributed by atoms with Gasteiger partial charge < -0.3 is 4.90 Å². The number of aryl methyl sites for hydroxylation is 1. The van der Waals surface area contributed by atoms with Gasteiger partial charge in [0.15, 0.2) is 0 Å². The van der Waals surface area contributed by atoms with E-state index in [4.69, 9.17) is 4.98 Å². The fourth-order valence-corrected chi connectivity index (χ4v) is 5.02. The average molecular weight is 385 g/mol. The number of aromatic nitrogens is 1. The molecule has 0 saturated carbocycles. The summed E-state index contributed by atoms with van der Waals surface area (Å²) < 4.78 is 0. The third-order valence-electron chi connectivity index (χ3n) is 7.19. The monoisotopic (exact) mass is 384 g/mol. The van der Waals surface area contributed by atoms with E-state index >= 15 is 0 Å². The lowest BCUT2D eigenvalue weighted by molar-refractivity contribution is 0.447. The van der Waals surface area contributed by atoms with Crippen LogP contribution in [0.5, 0.6) is 0 Å². The zero-order valence-corrected chi connectivity index (χ0v) is 18.5. The minimum absolute atomic E-state index is 0.0550. The molecular weight excluding hydrogens is 352 g/mol. The van der Waals surface area contributed by atoms with Crippen LogP contribution in [-0.2, 0) is 13.0 Å². The first-order valence-electron chi connectivity index (χ1n) is 10.9. The molecule has 1 aromatic heterocycles. The first-order valence-corrected chi connectivity index (χ1v) is 10.9. The largest absolute Gasteiger partial charge is 0.335 e. The van der Waals surface area contributed by atoms with E-state index < -0.39 is 0 Å². The maximum Gasteiger partial charge on any atom is 0.0927 e. The number of para-hydroxylation sites is 1. The van der Waals surface area contributed by atoms with Gasteiger partial charge in [0.25, 0.3) is 0 Å². The third kappa shape index (κ3) is 2.73. The summed E-state index contributed by atoms with van der Waals surface area (Å²) in [6.07, 6.45) is 5.40. The zero-order valence-electron chi connectivity index (χ0n) is 18.5. The van der Waals surface area contributed by atoms with E-state index in [1.165, 1.54) is 38.9 Å². The third-order valence-corrected chi connectivity index (χ3v) is 7.19. The van der Waals surface area contributed by atoms with E-state index in [2.05, 4.69) is 83.0 Å². The lowest BCUT2D eigenvalue weighted by Crippen LogP contribution is -2.27. The highest BCUT2D eigenvalue weighted by molar-refractivity contribution is 5.89. The van der Waals surface area contributed by atoms with Crippen molar-refractivity contribution in [3.05, 3.63) is 82.7 Å². The molecule has 1 aromatic carbocycles. The van der Waals surface area contributed by atoms with Gasteiger partial charge in [0.05, 0.1) is 23.5 Å². The second-order valence-corrected chi connectivity index (χ2v) is 8.56. The van der Waals surface area contributed by atoms with Crippen LogP contribution in [0.25, 0.3) is 16.6 Å². The van der Waals surface area contributed by atoms with Crippen molar-refractivity contribution >= 4 is 16.6 Å². The number of nitrogens with zero attached hydrogens (tertiary/aromatic N) is 2. The molecule has 0 spiro atoms. The molecule has 0 amide bonds. The summed E-state index contributed by atoms with van der Waals surface area (Å²) in [6.45, 7) is 21.0. The van der Waals surface area contributed by atoms with Gasteiger partial charge in [-0.15, -0.1) is 0 Å². The fourth-order valence-electron chi connectivity index (χ4n) is 5.02. The molecule has 1 atom stereocenters. The first-order chi connectivity index (χ1) is 13.9. The number of rotatable bonds is 5. The van der Waals surface area contributed by atoms with Gasteiger partial charge in [0.1, 0.15) is 0 Å². The minimum Gasteiger partial charge on any atom is -0.335 e. The van der Waals surface area contributed by atoms with Crippen LogP contribution in [0, 0.1) is 5.41 Å². The lowest BCUT2D eigenvalue weighted by atomic mass is 9.70. The zero-order chi connectivity index (χ0) is 20.9. The molecule has 2 aliphatic rings. The molecule has 0 N–H and O–H groups in total. The molecule has 2 aliphatic heterocycles. The summed E-state index contributed by atoms with van der Waals surface area (Å²) in [5.74, 6) is 0. The van der Waals surface area contributed by atoms with Crippen molar-refractivity contribution in [1.29, 1.82) is 0 Å². The Balaban J connectivity index is 2.00. The molecular formula is C27H32N2. The summed E-state index contributed by atoms with van der Waals surface area (Å²) >= 11 is 0. The van der Waals surface area contributed by atoms with Gasteiger partial charge in [0.2, 0.25) is 0 Å². The molecule has 0 saturated heterocycles. The van der Waals surface area contributed by atoms with Gasteiger partial charge in [-0.25, -0.2) is 4.98 Å². The van der Waals surface area contributed by atoms with Crippen LogP contribution in [-0.4, -0.2) is 9.88 Å². The molecule has 2 heteroatoms. The second kappa shape index (κ2) is 7.02. The van der Waals surface area contributed by atoms with E-state index in [-0.39, 0.29) is 5.41 Å². The molecule has 0 bridgehead atoms. The smallest absolute Gasteiger partial charge is 0.0927 e. The Morgan fingerprint density at radius 1 is 1.17 bits per heavy atom. The normalized spacial score (nSPS) is 17.9. The average Bonchev–Trinajstić information content (AvgIpc) is 3.09. The quantitative estimate of drug-likeness (QED) is 0.508. The Kier molecular flexibility index (Phi) is 4.77. The molecule has 2 aromatic rings. The van der Waals surface area contributed by atoms with Crippen LogP contribution in [0.15, 0.2) is 65.9 Å². The van der Waals surface area contributed by atoms with E-state index in [9.17, 15) is 0 Å². The van der Waals surface area contributed by atoms with Crippen molar-refractivity contribution in [3.63, 3.8) is 0 Å². The molecule has 0 fully saturated rings. The van der Waals surface area contributed by atoms with Crippen molar-refractivity contribution in [2.75, 3.05) is 0 Å². The van der Waals surface area contributed by atoms with Crippen molar-refractivity contribution in [3.8, 4) is 0 Å². The SMILES string of the molecule is C=C1C(CC)=C([C@@](C)(CC)C(=C)C)C=C2c3nc4ccccc4c(CC)c3CN12. The van der Waals surface area contributed by atoms with Crippen LogP contribution in [0.3, 0.4) is 0 Å². The highest BCUT2D eigenvalue weighted by Crippen LogP contribution is 2.50. The van der Waals surface area contributed by atoms with Crippen LogP contribution in [0.4, 0.5) is 0 Å². The molecule has 4 rings (SSSR count). The number of hydrogen-bond acceptors (Lipinski definition) is 2. The van der Waals surface area contributed by atoms with E-state index in [1.807, 2.05) is 0 Å². The van der Waals surface area contributed by atoms with Crippen LogP contribution < -0.4 is 0 Å². The highest BCUT2D eigenvalue weighted by Gasteiger charge is 2.38. The Morgan fingerprint density at radius 3 is 2.52 bits per heavy atom. The molecule has 0 aliphatic carbocycles. The molecule has 2 nitrogen and oxygen atoms in total. The standard InChI is InChI=1S/C27H32N2/c1-8-19-18(6)29-16-22-20(9-2)21-13-11-12-14-24(21)28-26(22)25(29)15-23(19)27(7,10-3)17(4)5/h11-15H,4,6,8-10,16H2,1-3,5,7H3/t27-/m0/s1. The van der Waals surface area contributed by atoms with E-state index in [0.29, 0.717) is 0 Å². The van der Waals surface area contributed by atoms with Gasteiger partial charge >= 0.3 is 0 Å². The van der Waals surface area contributed by atoms with Crippen molar-refractivity contribution < 1.29 is 0 Å². The maximum atomic E-state index is 5.13. The molecule has 29 heavy (non-hydrogen) atoms. The summed E-state index contributed by atoms with van der Waals surface area (Å²) in [5, 5.41) is 1.28. The van der Waals surface area contributed by atoms with Gasteiger partial charge in [-0.2, -0.15) is 0 Å². The maximum absolute atomic E-state index is 5.13. The Morgan fingerprint density at radius 2 is 1.90 bits per heavy atom. The topological polar surface area (TPSA) is 16.1 Å². The van der Waals surface area contributed by atoms with E-state index in [0.717, 1.165) is 42.7 Å². The van der Waals surface area contributed by atoms with Gasteiger partial charge in [-0.1, -0.05) is 64.6 Å².